The third-order valence-electron chi connectivity index (χ3n) is 3.80. The molecule has 18 heavy (non-hydrogen) atoms. The van der Waals surface area contributed by atoms with Gasteiger partial charge in [0, 0.05) is 24.9 Å². The third-order valence-corrected chi connectivity index (χ3v) is 3.80. The summed E-state index contributed by atoms with van der Waals surface area (Å²) in [5.74, 6) is 0.885. The zero-order valence-corrected chi connectivity index (χ0v) is 11.4. The molecule has 1 aliphatic heterocycles. The Labute approximate surface area is 111 Å². The van der Waals surface area contributed by atoms with Crippen LogP contribution in [0.3, 0.4) is 0 Å². The first-order chi connectivity index (χ1) is 8.88. The predicted molar refractivity (Wildman–Crippen MR) is 75.6 cm³/mol. The van der Waals surface area contributed by atoms with E-state index in [0.717, 1.165) is 25.4 Å². The molecule has 100 valence electrons. The first kappa shape index (κ1) is 13.5. The van der Waals surface area contributed by atoms with Gasteiger partial charge in [-0.15, -0.1) is 0 Å². The van der Waals surface area contributed by atoms with Crippen LogP contribution in [0.4, 0.5) is 0 Å². The molecular formula is C15H25N3. The Morgan fingerprint density at radius 3 is 2.83 bits per heavy atom. The number of piperidine rings is 1. The average Bonchev–Trinajstić information content (AvgIpc) is 2.45. The molecule has 0 saturated carbocycles. The lowest BCUT2D eigenvalue weighted by molar-refractivity contribution is 0.184. The minimum Gasteiger partial charge on any atom is -0.317 e. The second kappa shape index (κ2) is 7.49. The van der Waals surface area contributed by atoms with Crippen LogP contribution < -0.4 is 5.32 Å². The maximum atomic E-state index is 4.38. The van der Waals surface area contributed by atoms with Crippen molar-refractivity contribution in [2.45, 2.75) is 26.2 Å². The van der Waals surface area contributed by atoms with Gasteiger partial charge in [0.25, 0.3) is 0 Å². The molecule has 1 aromatic heterocycles. The largest absolute Gasteiger partial charge is 0.317 e. The number of hydrogen-bond acceptors (Lipinski definition) is 3. The minimum atomic E-state index is 0.885. The highest BCUT2D eigenvalue weighted by Gasteiger charge is 2.18. The molecule has 0 amide bonds. The fraction of sp³-hybridized carbons (Fsp3) is 0.667. The normalized spacial score (nSPS) is 18.1. The fourth-order valence-electron chi connectivity index (χ4n) is 2.58. The van der Waals surface area contributed by atoms with E-state index in [-0.39, 0.29) is 0 Å². The molecule has 3 nitrogen and oxygen atoms in total. The van der Waals surface area contributed by atoms with Crippen LogP contribution in [0.5, 0.6) is 0 Å². The smallest absolute Gasteiger partial charge is 0.0416 e. The molecule has 2 heterocycles. The number of rotatable bonds is 6. The van der Waals surface area contributed by atoms with E-state index in [2.05, 4.69) is 34.3 Å². The van der Waals surface area contributed by atoms with Crippen molar-refractivity contribution in [3.05, 3.63) is 30.1 Å². The summed E-state index contributed by atoms with van der Waals surface area (Å²) >= 11 is 0. The Morgan fingerprint density at radius 2 is 2.17 bits per heavy atom. The van der Waals surface area contributed by atoms with E-state index in [1.54, 1.807) is 0 Å². The zero-order chi connectivity index (χ0) is 12.6. The molecule has 0 aliphatic carbocycles. The van der Waals surface area contributed by atoms with E-state index in [0.29, 0.717) is 0 Å². The monoisotopic (exact) mass is 247 g/mol. The molecule has 2 rings (SSSR count). The van der Waals surface area contributed by atoms with Crippen LogP contribution in [0.1, 0.15) is 25.5 Å². The van der Waals surface area contributed by atoms with Gasteiger partial charge in [-0.25, -0.2) is 0 Å². The second-order valence-electron chi connectivity index (χ2n) is 5.16. The van der Waals surface area contributed by atoms with Crippen LogP contribution in [0.2, 0.25) is 0 Å². The van der Waals surface area contributed by atoms with Gasteiger partial charge in [0.15, 0.2) is 0 Å². The molecular weight excluding hydrogens is 222 g/mol. The van der Waals surface area contributed by atoms with Crippen molar-refractivity contribution in [2.24, 2.45) is 5.92 Å². The summed E-state index contributed by atoms with van der Waals surface area (Å²) < 4.78 is 0. The lowest BCUT2D eigenvalue weighted by Gasteiger charge is -2.31. The summed E-state index contributed by atoms with van der Waals surface area (Å²) in [4.78, 5) is 6.96. The van der Waals surface area contributed by atoms with Crippen LogP contribution in [-0.4, -0.2) is 42.6 Å². The summed E-state index contributed by atoms with van der Waals surface area (Å²) in [6, 6.07) is 6.18. The van der Waals surface area contributed by atoms with Gasteiger partial charge in [0.05, 0.1) is 0 Å². The molecule has 0 aromatic carbocycles. The SMILES string of the molecule is CCNCC1CCN(CCc2ccccn2)CC1. The summed E-state index contributed by atoms with van der Waals surface area (Å²) in [7, 11) is 0. The van der Waals surface area contributed by atoms with Crippen molar-refractivity contribution in [1.29, 1.82) is 0 Å². The van der Waals surface area contributed by atoms with Gasteiger partial charge in [0.2, 0.25) is 0 Å². The molecule has 0 atom stereocenters. The molecule has 0 bridgehead atoms. The molecule has 1 aromatic rings. The minimum absolute atomic E-state index is 0.885. The summed E-state index contributed by atoms with van der Waals surface area (Å²) in [6.45, 7) is 8.14. The lowest BCUT2D eigenvalue weighted by Crippen LogP contribution is -2.38. The van der Waals surface area contributed by atoms with Gasteiger partial charge >= 0.3 is 0 Å². The zero-order valence-electron chi connectivity index (χ0n) is 11.4. The topological polar surface area (TPSA) is 28.2 Å². The van der Waals surface area contributed by atoms with Gasteiger partial charge in [-0.1, -0.05) is 13.0 Å². The molecule has 1 N–H and O–H groups in total. The van der Waals surface area contributed by atoms with Crippen LogP contribution >= 0.6 is 0 Å². The van der Waals surface area contributed by atoms with Gasteiger partial charge in [-0.3, -0.25) is 4.98 Å². The Morgan fingerprint density at radius 1 is 1.33 bits per heavy atom. The Balaban J connectivity index is 1.65. The van der Waals surface area contributed by atoms with Crippen molar-refractivity contribution in [1.82, 2.24) is 15.2 Å². The standard InChI is InChI=1S/C15H25N3/c1-2-16-13-14-6-10-18(11-7-14)12-8-15-5-3-4-9-17-15/h3-5,9,14,16H,2,6-8,10-13H2,1H3. The highest BCUT2D eigenvalue weighted by atomic mass is 15.1. The first-order valence-corrected chi connectivity index (χ1v) is 7.21. The fourth-order valence-corrected chi connectivity index (χ4v) is 2.58. The summed E-state index contributed by atoms with van der Waals surface area (Å²) in [5, 5.41) is 3.46. The number of pyridine rings is 1. The quantitative estimate of drug-likeness (QED) is 0.833. The van der Waals surface area contributed by atoms with Gasteiger partial charge < -0.3 is 10.2 Å². The maximum Gasteiger partial charge on any atom is 0.0416 e. The summed E-state index contributed by atoms with van der Waals surface area (Å²) in [5.41, 5.74) is 1.22. The van der Waals surface area contributed by atoms with E-state index in [9.17, 15) is 0 Å². The van der Waals surface area contributed by atoms with Crippen LogP contribution in [0, 0.1) is 5.92 Å². The van der Waals surface area contributed by atoms with Gasteiger partial charge in [0.1, 0.15) is 0 Å². The highest BCUT2D eigenvalue weighted by Crippen LogP contribution is 2.16. The maximum absolute atomic E-state index is 4.38. The van der Waals surface area contributed by atoms with Crippen LogP contribution in [-0.2, 0) is 6.42 Å². The molecule has 3 heteroatoms. The van der Waals surface area contributed by atoms with Gasteiger partial charge in [-0.2, -0.15) is 0 Å². The highest BCUT2D eigenvalue weighted by molar-refractivity contribution is 5.03. The number of likely N-dealkylation sites (tertiary alicyclic amines) is 1. The molecule has 0 spiro atoms. The number of aromatic nitrogens is 1. The average molecular weight is 247 g/mol. The van der Waals surface area contributed by atoms with E-state index < -0.39 is 0 Å². The number of nitrogens with zero attached hydrogens (tertiary/aromatic N) is 2. The number of nitrogens with one attached hydrogen (secondary N) is 1. The molecule has 1 fully saturated rings. The Kier molecular flexibility index (Phi) is 5.62. The molecule has 1 aliphatic rings. The first-order valence-electron chi connectivity index (χ1n) is 7.21. The van der Waals surface area contributed by atoms with Crippen molar-refractivity contribution in [2.75, 3.05) is 32.7 Å². The molecule has 0 radical (unpaired) electrons. The molecule has 0 unspecified atom stereocenters. The van der Waals surface area contributed by atoms with E-state index in [1.165, 1.54) is 38.2 Å². The van der Waals surface area contributed by atoms with E-state index in [1.807, 2.05) is 12.3 Å². The molecule has 1 saturated heterocycles. The van der Waals surface area contributed by atoms with Crippen LogP contribution in [0.25, 0.3) is 0 Å². The number of hydrogen-bond donors (Lipinski definition) is 1. The van der Waals surface area contributed by atoms with E-state index >= 15 is 0 Å². The van der Waals surface area contributed by atoms with Gasteiger partial charge in [-0.05, 0) is 57.1 Å². The van der Waals surface area contributed by atoms with Crippen molar-refractivity contribution >= 4 is 0 Å². The van der Waals surface area contributed by atoms with Crippen LogP contribution in [0.15, 0.2) is 24.4 Å². The Bertz CT molecular complexity index is 318. The van der Waals surface area contributed by atoms with Crippen molar-refractivity contribution in [3.8, 4) is 0 Å². The van der Waals surface area contributed by atoms with E-state index in [4.69, 9.17) is 0 Å². The predicted octanol–water partition coefficient (Wildman–Crippen LogP) is 1.95. The van der Waals surface area contributed by atoms with Crippen molar-refractivity contribution in [3.63, 3.8) is 0 Å². The second-order valence-corrected chi connectivity index (χ2v) is 5.16. The summed E-state index contributed by atoms with van der Waals surface area (Å²) in [6.07, 6.45) is 5.65. The van der Waals surface area contributed by atoms with Crippen molar-refractivity contribution < 1.29 is 0 Å². The third kappa shape index (κ3) is 4.39. The Hall–Kier alpha value is -0.930. The lowest BCUT2D eigenvalue weighted by atomic mass is 9.96.